The summed E-state index contributed by atoms with van der Waals surface area (Å²) in [6, 6.07) is 7.29. The van der Waals surface area contributed by atoms with Gasteiger partial charge in [-0.15, -0.1) is 0 Å². The van der Waals surface area contributed by atoms with Gasteiger partial charge in [-0.1, -0.05) is 13.3 Å². The van der Waals surface area contributed by atoms with Crippen molar-refractivity contribution in [3.05, 3.63) is 36.7 Å². The zero-order valence-electron chi connectivity index (χ0n) is 11.7. The highest BCUT2D eigenvalue weighted by molar-refractivity contribution is 5.97. The van der Waals surface area contributed by atoms with Gasteiger partial charge in [-0.3, -0.25) is 4.79 Å². The van der Waals surface area contributed by atoms with Crippen LogP contribution in [0.3, 0.4) is 0 Å². The van der Waals surface area contributed by atoms with Gasteiger partial charge < -0.3 is 15.5 Å². The van der Waals surface area contributed by atoms with Crippen LogP contribution in [0.2, 0.25) is 0 Å². The topological polar surface area (TPSA) is 81.2 Å². The Hall–Kier alpha value is -2.14. The van der Waals surface area contributed by atoms with E-state index in [0.29, 0.717) is 18.0 Å². The van der Waals surface area contributed by atoms with E-state index in [-0.39, 0.29) is 5.91 Å². The highest BCUT2D eigenvalue weighted by atomic mass is 16.3. The molecule has 0 aliphatic rings. The minimum Gasteiger partial charge on any atom is -0.445 e. The number of anilines is 1. The van der Waals surface area contributed by atoms with Gasteiger partial charge in [0.2, 0.25) is 11.8 Å². The van der Waals surface area contributed by atoms with Crippen molar-refractivity contribution in [2.24, 2.45) is 5.73 Å². The molecule has 0 aliphatic heterocycles. The number of nitrogens with two attached hydrogens (primary N) is 1. The fourth-order valence-electron chi connectivity index (χ4n) is 1.97. The highest BCUT2D eigenvalue weighted by Crippen LogP contribution is 2.20. The zero-order valence-corrected chi connectivity index (χ0v) is 11.7. The summed E-state index contributed by atoms with van der Waals surface area (Å²) in [6.07, 6.45) is 4.63. The molecule has 106 valence electrons. The molecule has 1 aromatic carbocycles. The molecule has 0 bridgehead atoms. The Morgan fingerprint density at radius 1 is 1.40 bits per heavy atom. The minimum atomic E-state index is -0.851. The Morgan fingerprint density at radius 2 is 2.10 bits per heavy atom. The lowest BCUT2D eigenvalue weighted by molar-refractivity contribution is -0.120. The Kier molecular flexibility index (Phi) is 4.20. The van der Waals surface area contributed by atoms with Crippen molar-refractivity contribution >= 4 is 11.6 Å². The summed E-state index contributed by atoms with van der Waals surface area (Å²) in [5.74, 6) is 0.376. The highest BCUT2D eigenvalue weighted by Gasteiger charge is 2.27. The van der Waals surface area contributed by atoms with Crippen molar-refractivity contribution in [3.8, 4) is 11.5 Å². The molecule has 1 amide bonds. The molecule has 1 atom stereocenters. The SMILES string of the molecule is CCCC(C)(N)C(=O)Nc1ccc(-c2ncco2)cc1. The van der Waals surface area contributed by atoms with Gasteiger partial charge in [0.25, 0.3) is 0 Å². The maximum atomic E-state index is 12.1. The van der Waals surface area contributed by atoms with E-state index in [0.717, 1.165) is 12.0 Å². The van der Waals surface area contributed by atoms with Crippen LogP contribution < -0.4 is 11.1 Å². The van der Waals surface area contributed by atoms with Gasteiger partial charge >= 0.3 is 0 Å². The van der Waals surface area contributed by atoms with E-state index in [9.17, 15) is 4.79 Å². The van der Waals surface area contributed by atoms with Gasteiger partial charge in [-0.2, -0.15) is 0 Å². The summed E-state index contributed by atoms with van der Waals surface area (Å²) in [5, 5.41) is 2.82. The molecule has 0 saturated heterocycles. The smallest absolute Gasteiger partial charge is 0.244 e. The number of benzene rings is 1. The Balaban J connectivity index is 2.06. The molecule has 0 saturated carbocycles. The quantitative estimate of drug-likeness (QED) is 0.877. The third kappa shape index (κ3) is 3.24. The molecule has 0 spiro atoms. The normalized spacial score (nSPS) is 13.8. The van der Waals surface area contributed by atoms with Gasteiger partial charge in [0.1, 0.15) is 6.26 Å². The monoisotopic (exact) mass is 273 g/mol. The number of hydrogen-bond donors (Lipinski definition) is 2. The van der Waals surface area contributed by atoms with E-state index < -0.39 is 5.54 Å². The number of carbonyl (C=O) groups is 1. The molecule has 3 N–H and O–H groups in total. The largest absolute Gasteiger partial charge is 0.445 e. The van der Waals surface area contributed by atoms with Crippen molar-refractivity contribution in [1.82, 2.24) is 4.98 Å². The average Bonchev–Trinajstić information content (AvgIpc) is 2.93. The summed E-state index contributed by atoms with van der Waals surface area (Å²) < 4.78 is 5.21. The van der Waals surface area contributed by atoms with Crippen LogP contribution in [0.4, 0.5) is 5.69 Å². The van der Waals surface area contributed by atoms with Crippen molar-refractivity contribution in [2.75, 3.05) is 5.32 Å². The molecule has 5 heteroatoms. The van der Waals surface area contributed by atoms with Gasteiger partial charge in [-0.05, 0) is 37.6 Å². The number of rotatable bonds is 5. The van der Waals surface area contributed by atoms with Crippen LogP contribution in [0.1, 0.15) is 26.7 Å². The lowest BCUT2D eigenvalue weighted by Gasteiger charge is -2.22. The van der Waals surface area contributed by atoms with Gasteiger partial charge in [-0.25, -0.2) is 4.98 Å². The second-order valence-corrected chi connectivity index (χ2v) is 5.04. The number of nitrogens with zero attached hydrogens (tertiary/aromatic N) is 1. The third-order valence-electron chi connectivity index (χ3n) is 3.11. The minimum absolute atomic E-state index is 0.178. The lowest BCUT2D eigenvalue weighted by atomic mass is 9.96. The molecule has 5 nitrogen and oxygen atoms in total. The molecule has 1 heterocycles. The second kappa shape index (κ2) is 5.88. The second-order valence-electron chi connectivity index (χ2n) is 5.04. The van der Waals surface area contributed by atoms with Crippen LogP contribution in [-0.2, 0) is 4.79 Å². The maximum absolute atomic E-state index is 12.1. The summed E-state index contributed by atoms with van der Waals surface area (Å²) in [4.78, 5) is 16.1. The molecule has 2 rings (SSSR count). The maximum Gasteiger partial charge on any atom is 0.244 e. The predicted molar refractivity (Wildman–Crippen MR) is 78.1 cm³/mol. The van der Waals surface area contributed by atoms with Crippen LogP contribution in [0.15, 0.2) is 41.1 Å². The fraction of sp³-hybridized carbons (Fsp3) is 0.333. The Labute approximate surface area is 118 Å². The van der Waals surface area contributed by atoms with Gasteiger partial charge in [0.05, 0.1) is 11.7 Å². The van der Waals surface area contributed by atoms with E-state index in [4.69, 9.17) is 10.2 Å². The van der Waals surface area contributed by atoms with Gasteiger partial charge in [0, 0.05) is 11.3 Å². The van der Waals surface area contributed by atoms with E-state index in [1.165, 1.54) is 6.26 Å². The van der Waals surface area contributed by atoms with Crippen LogP contribution >= 0.6 is 0 Å². The average molecular weight is 273 g/mol. The third-order valence-corrected chi connectivity index (χ3v) is 3.11. The molecule has 1 aromatic heterocycles. The van der Waals surface area contributed by atoms with Crippen molar-refractivity contribution in [2.45, 2.75) is 32.2 Å². The van der Waals surface area contributed by atoms with E-state index in [2.05, 4.69) is 10.3 Å². The van der Waals surface area contributed by atoms with Crippen LogP contribution in [0.5, 0.6) is 0 Å². The molecule has 0 radical (unpaired) electrons. The first-order chi connectivity index (χ1) is 9.53. The molecule has 1 unspecified atom stereocenters. The number of carbonyl (C=O) groups excluding carboxylic acids is 1. The van der Waals surface area contributed by atoms with Gasteiger partial charge in [0.15, 0.2) is 0 Å². The Bertz CT molecular complexity index is 559. The van der Waals surface area contributed by atoms with Crippen LogP contribution in [0, 0.1) is 0 Å². The fourth-order valence-corrected chi connectivity index (χ4v) is 1.97. The van der Waals surface area contributed by atoms with E-state index >= 15 is 0 Å². The van der Waals surface area contributed by atoms with Crippen molar-refractivity contribution < 1.29 is 9.21 Å². The van der Waals surface area contributed by atoms with E-state index in [1.807, 2.05) is 19.1 Å². The number of aromatic nitrogens is 1. The predicted octanol–water partition coefficient (Wildman–Crippen LogP) is 2.80. The first-order valence-electron chi connectivity index (χ1n) is 6.63. The molecular weight excluding hydrogens is 254 g/mol. The molecule has 0 aliphatic carbocycles. The number of amides is 1. The van der Waals surface area contributed by atoms with E-state index in [1.54, 1.807) is 25.3 Å². The van der Waals surface area contributed by atoms with Crippen LogP contribution in [-0.4, -0.2) is 16.4 Å². The summed E-state index contributed by atoms with van der Waals surface area (Å²) >= 11 is 0. The molecule has 0 fully saturated rings. The first kappa shape index (κ1) is 14.3. The molecule has 20 heavy (non-hydrogen) atoms. The van der Waals surface area contributed by atoms with Crippen LogP contribution in [0.25, 0.3) is 11.5 Å². The number of hydrogen-bond acceptors (Lipinski definition) is 4. The standard InChI is InChI=1S/C15H19N3O2/c1-3-8-15(2,16)14(19)18-12-6-4-11(5-7-12)13-17-9-10-20-13/h4-7,9-10H,3,8,16H2,1-2H3,(H,18,19). The number of oxazole rings is 1. The summed E-state index contributed by atoms with van der Waals surface area (Å²) in [6.45, 7) is 3.75. The van der Waals surface area contributed by atoms with Crippen molar-refractivity contribution in [3.63, 3.8) is 0 Å². The summed E-state index contributed by atoms with van der Waals surface area (Å²) in [7, 11) is 0. The zero-order chi connectivity index (χ0) is 14.6. The first-order valence-corrected chi connectivity index (χ1v) is 6.63. The molecule has 2 aromatic rings. The number of nitrogens with one attached hydrogen (secondary N) is 1. The lowest BCUT2D eigenvalue weighted by Crippen LogP contribution is -2.48. The molecular formula is C15H19N3O2. The Morgan fingerprint density at radius 3 is 2.65 bits per heavy atom. The van der Waals surface area contributed by atoms with Crippen molar-refractivity contribution in [1.29, 1.82) is 0 Å². The summed E-state index contributed by atoms with van der Waals surface area (Å²) in [5.41, 5.74) is 6.70.